The van der Waals surface area contributed by atoms with Crippen LogP contribution in [0.1, 0.15) is 46.5 Å². The molecule has 7 heteroatoms. The van der Waals surface area contributed by atoms with Crippen LogP contribution in [0.2, 0.25) is 0 Å². The van der Waals surface area contributed by atoms with Crippen LogP contribution in [0.4, 0.5) is 10.5 Å². The van der Waals surface area contributed by atoms with Gasteiger partial charge < -0.3 is 15.0 Å². The van der Waals surface area contributed by atoms with Crippen molar-refractivity contribution in [3.63, 3.8) is 0 Å². The van der Waals surface area contributed by atoms with Crippen LogP contribution in [0.25, 0.3) is 0 Å². The van der Waals surface area contributed by atoms with Crippen LogP contribution in [0.3, 0.4) is 0 Å². The summed E-state index contributed by atoms with van der Waals surface area (Å²) in [4.78, 5) is 33.0. The van der Waals surface area contributed by atoms with E-state index in [9.17, 15) is 9.59 Å². The summed E-state index contributed by atoms with van der Waals surface area (Å²) in [5.41, 5.74) is 0.456. The molecule has 2 saturated heterocycles. The fourth-order valence-electron chi connectivity index (χ4n) is 3.70. The quantitative estimate of drug-likeness (QED) is 0.880. The number of amides is 2. The van der Waals surface area contributed by atoms with E-state index in [1.54, 1.807) is 11.1 Å². The molecular weight excluding hydrogens is 344 g/mol. The summed E-state index contributed by atoms with van der Waals surface area (Å²) in [5.74, 6) is 0.0539. The average molecular weight is 374 g/mol. The monoisotopic (exact) mass is 374 g/mol. The molecular formula is C20H30N4O3. The zero-order valence-corrected chi connectivity index (χ0v) is 16.5. The largest absolute Gasteiger partial charge is 0.444 e. The van der Waals surface area contributed by atoms with Crippen LogP contribution in [0, 0.1) is 0 Å². The van der Waals surface area contributed by atoms with Crippen LogP contribution in [0.15, 0.2) is 24.5 Å². The Balaban J connectivity index is 1.53. The standard InChI is InChI=1S/C20H30N4O3/c1-20(2,3)27-19(26)24-11-5-7-17(24)18(25)23-12-8-15(9-13-23)22-16-6-4-10-21-14-16/h4,6,10,14-15,17,22H,5,7-9,11-13H2,1-3H3/t17-/m0/s1. The first kappa shape index (κ1) is 19.5. The Hall–Kier alpha value is -2.31. The minimum atomic E-state index is -0.552. The third-order valence-electron chi connectivity index (χ3n) is 5.00. The highest BCUT2D eigenvalue weighted by atomic mass is 16.6. The van der Waals surface area contributed by atoms with Gasteiger partial charge in [-0.1, -0.05) is 0 Å². The first-order valence-electron chi connectivity index (χ1n) is 9.78. The van der Waals surface area contributed by atoms with Gasteiger partial charge in [-0.05, 0) is 58.6 Å². The fourth-order valence-corrected chi connectivity index (χ4v) is 3.70. The number of carbonyl (C=O) groups excluding carboxylic acids is 2. The van der Waals surface area contributed by atoms with Crippen LogP contribution >= 0.6 is 0 Å². The van der Waals surface area contributed by atoms with Gasteiger partial charge in [0.25, 0.3) is 0 Å². The number of anilines is 1. The number of likely N-dealkylation sites (tertiary alicyclic amines) is 2. The second-order valence-electron chi connectivity index (χ2n) is 8.32. The molecule has 0 unspecified atom stereocenters. The van der Waals surface area contributed by atoms with Crippen LogP contribution in [-0.4, -0.2) is 64.1 Å². The molecule has 2 aliphatic rings. The van der Waals surface area contributed by atoms with E-state index in [0.717, 1.165) is 24.9 Å². The molecule has 3 rings (SSSR count). The minimum Gasteiger partial charge on any atom is -0.444 e. The van der Waals surface area contributed by atoms with E-state index in [-0.39, 0.29) is 18.0 Å². The highest BCUT2D eigenvalue weighted by molar-refractivity contribution is 5.86. The molecule has 1 aromatic rings. The number of rotatable bonds is 3. The van der Waals surface area contributed by atoms with Crippen molar-refractivity contribution in [2.24, 2.45) is 0 Å². The number of nitrogens with one attached hydrogen (secondary N) is 1. The first-order valence-corrected chi connectivity index (χ1v) is 9.78. The number of hydrogen-bond donors (Lipinski definition) is 1. The third kappa shape index (κ3) is 5.11. The average Bonchev–Trinajstić information content (AvgIpc) is 3.11. The lowest BCUT2D eigenvalue weighted by atomic mass is 10.0. The molecule has 0 radical (unpaired) electrons. The second kappa shape index (κ2) is 8.15. The zero-order valence-electron chi connectivity index (χ0n) is 16.5. The Kier molecular flexibility index (Phi) is 5.87. The Labute approximate surface area is 161 Å². The number of ether oxygens (including phenoxy) is 1. The van der Waals surface area contributed by atoms with Crippen molar-refractivity contribution in [1.82, 2.24) is 14.8 Å². The fraction of sp³-hybridized carbons (Fsp3) is 0.650. The van der Waals surface area contributed by atoms with E-state index < -0.39 is 5.60 Å². The number of carbonyl (C=O) groups is 2. The van der Waals surface area contributed by atoms with Crippen molar-refractivity contribution >= 4 is 17.7 Å². The van der Waals surface area contributed by atoms with Gasteiger partial charge in [-0.3, -0.25) is 14.7 Å². The Morgan fingerprint density at radius 1 is 1.19 bits per heavy atom. The summed E-state index contributed by atoms with van der Waals surface area (Å²) >= 11 is 0. The summed E-state index contributed by atoms with van der Waals surface area (Å²) in [6, 6.07) is 3.86. The topological polar surface area (TPSA) is 74.8 Å². The van der Waals surface area contributed by atoms with Crippen LogP contribution < -0.4 is 5.32 Å². The van der Waals surface area contributed by atoms with Gasteiger partial charge in [0.15, 0.2) is 0 Å². The predicted octanol–water partition coefficient (Wildman–Crippen LogP) is 2.88. The summed E-state index contributed by atoms with van der Waals surface area (Å²) in [7, 11) is 0. The van der Waals surface area contributed by atoms with Gasteiger partial charge in [0.2, 0.25) is 5.91 Å². The highest BCUT2D eigenvalue weighted by Crippen LogP contribution is 2.24. The molecule has 2 aliphatic heterocycles. The van der Waals surface area contributed by atoms with Crippen molar-refractivity contribution in [3.8, 4) is 0 Å². The Bertz CT molecular complexity index is 651. The molecule has 2 amide bonds. The molecule has 2 fully saturated rings. The normalized spacial score (nSPS) is 21.2. The van der Waals surface area contributed by atoms with Crippen molar-refractivity contribution in [3.05, 3.63) is 24.5 Å². The van der Waals surface area contributed by atoms with Crippen molar-refractivity contribution in [2.45, 2.75) is 64.1 Å². The molecule has 27 heavy (non-hydrogen) atoms. The molecule has 3 heterocycles. The van der Waals surface area contributed by atoms with E-state index >= 15 is 0 Å². The van der Waals surface area contributed by atoms with Crippen molar-refractivity contribution in [2.75, 3.05) is 25.0 Å². The zero-order chi connectivity index (χ0) is 19.4. The number of piperidine rings is 1. The third-order valence-corrected chi connectivity index (χ3v) is 5.00. The van der Waals surface area contributed by atoms with E-state index in [1.807, 2.05) is 44.0 Å². The van der Waals surface area contributed by atoms with Gasteiger partial charge in [0.05, 0.1) is 5.69 Å². The Morgan fingerprint density at radius 3 is 2.56 bits per heavy atom. The maximum atomic E-state index is 13.0. The van der Waals surface area contributed by atoms with Gasteiger partial charge in [-0.15, -0.1) is 0 Å². The van der Waals surface area contributed by atoms with Gasteiger partial charge in [0.1, 0.15) is 11.6 Å². The lowest BCUT2D eigenvalue weighted by Gasteiger charge is -2.36. The molecule has 1 N–H and O–H groups in total. The van der Waals surface area contributed by atoms with Crippen LogP contribution in [0.5, 0.6) is 0 Å². The lowest BCUT2D eigenvalue weighted by Crippen LogP contribution is -2.51. The maximum absolute atomic E-state index is 13.0. The van der Waals surface area contributed by atoms with Crippen molar-refractivity contribution < 1.29 is 14.3 Å². The molecule has 0 aromatic carbocycles. The molecule has 0 bridgehead atoms. The number of nitrogens with zero attached hydrogens (tertiary/aromatic N) is 3. The maximum Gasteiger partial charge on any atom is 0.410 e. The molecule has 7 nitrogen and oxygen atoms in total. The lowest BCUT2D eigenvalue weighted by molar-refractivity contribution is -0.136. The molecule has 0 saturated carbocycles. The number of hydrogen-bond acceptors (Lipinski definition) is 5. The van der Waals surface area contributed by atoms with E-state index in [0.29, 0.717) is 32.1 Å². The number of aromatic nitrogens is 1. The number of pyridine rings is 1. The summed E-state index contributed by atoms with van der Waals surface area (Å²) in [6.07, 6.45) is 6.52. The van der Waals surface area contributed by atoms with Gasteiger partial charge in [-0.2, -0.15) is 0 Å². The van der Waals surface area contributed by atoms with Crippen LogP contribution in [-0.2, 0) is 9.53 Å². The van der Waals surface area contributed by atoms with E-state index in [4.69, 9.17) is 4.74 Å². The SMILES string of the molecule is CC(C)(C)OC(=O)N1CCC[C@H]1C(=O)N1CCC(Nc2cccnc2)CC1. The summed E-state index contributed by atoms with van der Waals surface area (Å²) in [5, 5.41) is 3.48. The van der Waals surface area contributed by atoms with E-state index in [2.05, 4.69) is 10.3 Å². The summed E-state index contributed by atoms with van der Waals surface area (Å²) in [6.45, 7) is 7.53. The minimum absolute atomic E-state index is 0.0539. The smallest absolute Gasteiger partial charge is 0.410 e. The Morgan fingerprint density at radius 2 is 1.93 bits per heavy atom. The molecule has 0 aliphatic carbocycles. The van der Waals surface area contributed by atoms with Gasteiger partial charge >= 0.3 is 6.09 Å². The van der Waals surface area contributed by atoms with E-state index in [1.165, 1.54) is 0 Å². The first-order chi connectivity index (χ1) is 12.8. The van der Waals surface area contributed by atoms with Gasteiger partial charge in [-0.25, -0.2) is 4.79 Å². The molecule has 1 aromatic heterocycles. The van der Waals surface area contributed by atoms with Gasteiger partial charge in [0, 0.05) is 38.1 Å². The molecule has 1 atom stereocenters. The molecule has 0 spiro atoms. The second-order valence-corrected chi connectivity index (χ2v) is 8.32. The molecule has 148 valence electrons. The predicted molar refractivity (Wildman–Crippen MR) is 103 cm³/mol. The highest BCUT2D eigenvalue weighted by Gasteiger charge is 2.39. The summed E-state index contributed by atoms with van der Waals surface area (Å²) < 4.78 is 5.47. The van der Waals surface area contributed by atoms with Crippen molar-refractivity contribution in [1.29, 1.82) is 0 Å².